The van der Waals surface area contributed by atoms with Crippen molar-refractivity contribution in [2.75, 3.05) is 0 Å². The highest BCUT2D eigenvalue weighted by Crippen LogP contribution is 2.37. The maximum atomic E-state index is 13.2. The van der Waals surface area contributed by atoms with Gasteiger partial charge in [0.2, 0.25) is 0 Å². The molecular weight excluding hydrogens is 239 g/mol. The second-order valence-electron chi connectivity index (χ2n) is 5.26. The van der Waals surface area contributed by atoms with Gasteiger partial charge < -0.3 is 5.11 Å². The standard InChI is InChI=1S/C17H17FO/c18-16-9-3-8-15(11-16)17(19)14-7-2-6-13(10-14)12-4-1-5-12/h2-3,6-12,17,19H,1,4-5H2. The van der Waals surface area contributed by atoms with Gasteiger partial charge in [-0.05, 0) is 47.6 Å². The lowest BCUT2D eigenvalue weighted by Gasteiger charge is -2.26. The van der Waals surface area contributed by atoms with Crippen molar-refractivity contribution < 1.29 is 9.50 Å². The third-order valence-corrected chi connectivity index (χ3v) is 3.97. The summed E-state index contributed by atoms with van der Waals surface area (Å²) in [4.78, 5) is 0. The van der Waals surface area contributed by atoms with Gasteiger partial charge in [0.05, 0.1) is 0 Å². The van der Waals surface area contributed by atoms with E-state index in [1.165, 1.54) is 37.0 Å². The van der Waals surface area contributed by atoms with Crippen LogP contribution in [0.2, 0.25) is 0 Å². The molecule has 1 saturated carbocycles. The summed E-state index contributed by atoms with van der Waals surface area (Å²) in [6.45, 7) is 0. The average Bonchev–Trinajstić information content (AvgIpc) is 2.36. The molecule has 1 unspecified atom stereocenters. The van der Waals surface area contributed by atoms with Crippen LogP contribution in [0.3, 0.4) is 0 Å². The molecule has 1 fully saturated rings. The summed E-state index contributed by atoms with van der Waals surface area (Å²) in [7, 11) is 0. The fourth-order valence-electron chi connectivity index (χ4n) is 2.59. The first-order valence-electron chi connectivity index (χ1n) is 6.77. The molecule has 3 rings (SSSR count). The summed E-state index contributed by atoms with van der Waals surface area (Å²) in [5, 5.41) is 10.3. The lowest BCUT2D eigenvalue weighted by Crippen LogP contribution is -2.09. The first kappa shape index (κ1) is 12.4. The highest BCUT2D eigenvalue weighted by molar-refractivity contribution is 5.34. The molecule has 0 radical (unpaired) electrons. The van der Waals surface area contributed by atoms with Crippen molar-refractivity contribution >= 4 is 0 Å². The van der Waals surface area contributed by atoms with Crippen molar-refractivity contribution in [1.82, 2.24) is 0 Å². The lowest BCUT2D eigenvalue weighted by atomic mass is 9.79. The summed E-state index contributed by atoms with van der Waals surface area (Å²) in [5.41, 5.74) is 2.74. The van der Waals surface area contributed by atoms with E-state index in [-0.39, 0.29) is 5.82 Å². The number of halogens is 1. The Morgan fingerprint density at radius 2 is 1.68 bits per heavy atom. The first-order chi connectivity index (χ1) is 9.24. The van der Waals surface area contributed by atoms with Gasteiger partial charge in [-0.3, -0.25) is 0 Å². The topological polar surface area (TPSA) is 20.2 Å². The van der Waals surface area contributed by atoms with Crippen LogP contribution in [0.25, 0.3) is 0 Å². The van der Waals surface area contributed by atoms with Crippen molar-refractivity contribution in [1.29, 1.82) is 0 Å². The van der Waals surface area contributed by atoms with Gasteiger partial charge in [-0.15, -0.1) is 0 Å². The molecule has 0 saturated heterocycles. The molecule has 1 nitrogen and oxygen atoms in total. The zero-order chi connectivity index (χ0) is 13.2. The van der Waals surface area contributed by atoms with Gasteiger partial charge in [0.25, 0.3) is 0 Å². The molecule has 19 heavy (non-hydrogen) atoms. The molecule has 1 aliphatic carbocycles. The number of aliphatic hydroxyl groups is 1. The second kappa shape index (κ2) is 5.14. The van der Waals surface area contributed by atoms with Crippen molar-refractivity contribution in [3.05, 3.63) is 71.0 Å². The highest BCUT2D eigenvalue weighted by atomic mass is 19.1. The van der Waals surface area contributed by atoms with E-state index >= 15 is 0 Å². The summed E-state index contributed by atoms with van der Waals surface area (Å²) < 4.78 is 13.2. The summed E-state index contributed by atoms with van der Waals surface area (Å²) in [6, 6.07) is 14.2. The van der Waals surface area contributed by atoms with Gasteiger partial charge in [0.15, 0.2) is 0 Å². The summed E-state index contributed by atoms with van der Waals surface area (Å²) in [5.74, 6) is 0.325. The quantitative estimate of drug-likeness (QED) is 0.873. The Hall–Kier alpha value is -1.67. The number of hydrogen-bond donors (Lipinski definition) is 1. The van der Waals surface area contributed by atoms with Crippen LogP contribution in [0.4, 0.5) is 4.39 Å². The van der Waals surface area contributed by atoms with Crippen molar-refractivity contribution in [3.8, 4) is 0 Å². The predicted octanol–water partition coefficient (Wildman–Crippen LogP) is 4.17. The van der Waals surface area contributed by atoms with E-state index in [4.69, 9.17) is 0 Å². The van der Waals surface area contributed by atoms with Gasteiger partial charge in [-0.1, -0.05) is 42.8 Å². The van der Waals surface area contributed by atoms with E-state index in [2.05, 4.69) is 12.1 Å². The van der Waals surface area contributed by atoms with Crippen LogP contribution in [0.1, 0.15) is 48.0 Å². The zero-order valence-electron chi connectivity index (χ0n) is 10.7. The Bertz CT molecular complexity index is 575. The largest absolute Gasteiger partial charge is 0.384 e. The minimum atomic E-state index is -0.754. The Morgan fingerprint density at radius 3 is 2.32 bits per heavy atom. The molecule has 0 bridgehead atoms. The molecule has 1 aliphatic rings. The van der Waals surface area contributed by atoms with E-state index in [1.807, 2.05) is 12.1 Å². The van der Waals surface area contributed by atoms with Crippen molar-refractivity contribution in [2.24, 2.45) is 0 Å². The molecule has 0 heterocycles. The highest BCUT2D eigenvalue weighted by Gasteiger charge is 2.20. The van der Waals surface area contributed by atoms with Gasteiger partial charge in [0.1, 0.15) is 11.9 Å². The van der Waals surface area contributed by atoms with Crippen LogP contribution in [0, 0.1) is 5.82 Å². The Labute approximate surface area is 112 Å². The van der Waals surface area contributed by atoms with Crippen LogP contribution in [-0.4, -0.2) is 5.11 Å². The molecule has 2 aromatic rings. The number of hydrogen-bond acceptors (Lipinski definition) is 1. The minimum Gasteiger partial charge on any atom is -0.384 e. The number of aliphatic hydroxyl groups excluding tert-OH is 1. The normalized spacial score (nSPS) is 16.9. The Balaban J connectivity index is 1.88. The molecule has 98 valence electrons. The van der Waals surface area contributed by atoms with E-state index in [1.54, 1.807) is 12.1 Å². The average molecular weight is 256 g/mol. The van der Waals surface area contributed by atoms with E-state index in [9.17, 15) is 9.50 Å². The predicted molar refractivity (Wildman–Crippen MR) is 73.5 cm³/mol. The monoisotopic (exact) mass is 256 g/mol. The fourth-order valence-corrected chi connectivity index (χ4v) is 2.59. The van der Waals surface area contributed by atoms with Gasteiger partial charge >= 0.3 is 0 Å². The van der Waals surface area contributed by atoms with Crippen LogP contribution < -0.4 is 0 Å². The summed E-state index contributed by atoms with van der Waals surface area (Å²) in [6.07, 6.45) is 3.01. The molecule has 0 spiro atoms. The smallest absolute Gasteiger partial charge is 0.123 e. The van der Waals surface area contributed by atoms with Gasteiger partial charge in [-0.2, -0.15) is 0 Å². The summed E-state index contributed by atoms with van der Waals surface area (Å²) >= 11 is 0. The lowest BCUT2D eigenvalue weighted by molar-refractivity contribution is 0.219. The molecule has 2 aromatic carbocycles. The van der Waals surface area contributed by atoms with Crippen molar-refractivity contribution in [2.45, 2.75) is 31.3 Å². The molecule has 0 aliphatic heterocycles. The van der Waals surface area contributed by atoms with Gasteiger partial charge in [0, 0.05) is 0 Å². The van der Waals surface area contributed by atoms with E-state index < -0.39 is 6.10 Å². The first-order valence-corrected chi connectivity index (χ1v) is 6.77. The third kappa shape index (κ3) is 2.54. The maximum Gasteiger partial charge on any atom is 0.123 e. The van der Waals surface area contributed by atoms with Gasteiger partial charge in [-0.25, -0.2) is 4.39 Å². The van der Waals surface area contributed by atoms with Crippen molar-refractivity contribution in [3.63, 3.8) is 0 Å². The molecule has 2 heteroatoms. The molecule has 1 N–H and O–H groups in total. The molecule has 0 amide bonds. The minimum absolute atomic E-state index is 0.313. The Morgan fingerprint density at radius 1 is 1.00 bits per heavy atom. The molecular formula is C17H17FO. The van der Waals surface area contributed by atoms with Crippen LogP contribution in [0.15, 0.2) is 48.5 Å². The molecule has 0 aromatic heterocycles. The number of rotatable bonds is 3. The second-order valence-corrected chi connectivity index (χ2v) is 5.26. The third-order valence-electron chi connectivity index (χ3n) is 3.97. The maximum absolute atomic E-state index is 13.2. The SMILES string of the molecule is OC(c1cccc(F)c1)c1cccc(C2CCC2)c1. The van der Waals surface area contributed by atoms with E-state index in [0.717, 1.165) is 5.56 Å². The van der Waals surface area contributed by atoms with Crippen LogP contribution >= 0.6 is 0 Å². The van der Waals surface area contributed by atoms with Crippen LogP contribution in [0.5, 0.6) is 0 Å². The zero-order valence-corrected chi connectivity index (χ0v) is 10.7. The number of benzene rings is 2. The fraction of sp³-hybridized carbons (Fsp3) is 0.294. The Kier molecular flexibility index (Phi) is 3.34. The van der Waals surface area contributed by atoms with Crippen LogP contribution in [-0.2, 0) is 0 Å². The molecule has 1 atom stereocenters. The van der Waals surface area contributed by atoms with E-state index in [0.29, 0.717) is 11.5 Å².